The molecule has 1 rings (SSSR count). The molecule has 0 aliphatic carbocycles. The van der Waals surface area contributed by atoms with Crippen LogP contribution in [0.4, 0.5) is 13.2 Å². The third kappa shape index (κ3) is 1.30. The predicted octanol–water partition coefficient (Wildman–Crippen LogP) is 2.46. The van der Waals surface area contributed by atoms with E-state index in [0.29, 0.717) is 0 Å². The van der Waals surface area contributed by atoms with Crippen LogP contribution in [0.15, 0.2) is 0 Å². The Morgan fingerprint density at radius 3 is 2.27 bits per heavy atom. The van der Waals surface area contributed by atoms with Crippen molar-refractivity contribution in [3.63, 3.8) is 0 Å². The maximum atomic E-state index is 12.5. The third-order valence-electron chi connectivity index (χ3n) is 1.15. The largest absolute Gasteiger partial charge is 0.252 e. The zero-order valence-electron chi connectivity index (χ0n) is 5.46. The molecule has 5 heteroatoms. The number of hydrogen-bond acceptors (Lipinski definition) is 1. The number of pyridine rings is 1. The molecule has 1 heterocycles. The summed E-state index contributed by atoms with van der Waals surface area (Å²) in [7, 11) is 0. The van der Waals surface area contributed by atoms with Crippen LogP contribution < -0.4 is 0 Å². The van der Waals surface area contributed by atoms with Gasteiger partial charge >= 0.3 is 0 Å². The van der Waals surface area contributed by atoms with E-state index < -0.39 is 22.6 Å². The molecule has 0 saturated carbocycles. The van der Waals surface area contributed by atoms with E-state index in [1.165, 1.54) is 6.92 Å². The van der Waals surface area contributed by atoms with Gasteiger partial charge in [0.25, 0.3) is 5.95 Å². The molecule has 60 valence electrons. The van der Waals surface area contributed by atoms with Crippen LogP contribution in [0.2, 0.25) is 5.02 Å². The summed E-state index contributed by atoms with van der Waals surface area (Å²) < 4.78 is 37.0. The van der Waals surface area contributed by atoms with Gasteiger partial charge in [0.05, 0.1) is 5.69 Å². The Kier molecular flexibility index (Phi) is 2.04. The average molecular weight is 182 g/mol. The van der Waals surface area contributed by atoms with Crippen molar-refractivity contribution >= 4 is 11.6 Å². The van der Waals surface area contributed by atoms with Crippen LogP contribution in [-0.4, -0.2) is 4.98 Å². The third-order valence-corrected chi connectivity index (χ3v) is 1.59. The van der Waals surface area contributed by atoms with E-state index in [0.717, 1.165) is 0 Å². The maximum Gasteiger partial charge on any atom is 0.252 e. The minimum atomic E-state index is -1.64. The highest BCUT2D eigenvalue weighted by atomic mass is 35.5. The molecule has 0 aliphatic heterocycles. The fraction of sp³-hybridized carbons (Fsp3) is 0.167. The summed E-state index contributed by atoms with van der Waals surface area (Å²) in [6.07, 6.45) is 0. The molecule has 0 aliphatic rings. The molecule has 0 saturated heterocycles. The second kappa shape index (κ2) is 2.70. The number of halogens is 4. The second-order valence-electron chi connectivity index (χ2n) is 1.93. The van der Waals surface area contributed by atoms with Crippen molar-refractivity contribution in [1.82, 2.24) is 4.98 Å². The van der Waals surface area contributed by atoms with Crippen LogP contribution in [-0.2, 0) is 0 Å². The highest BCUT2D eigenvalue weighted by molar-refractivity contribution is 6.31. The number of aryl methyl sites for hydroxylation is 1. The first-order valence-corrected chi connectivity index (χ1v) is 3.08. The molecule has 0 spiro atoms. The van der Waals surface area contributed by atoms with E-state index >= 15 is 0 Å². The van der Waals surface area contributed by atoms with E-state index in [4.69, 9.17) is 11.6 Å². The quantitative estimate of drug-likeness (QED) is 0.561. The van der Waals surface area contributed by atoms with Gasteiger partial charge in [-0.05, 0) is 6.92 Å². The summed E-state index contributed by atoms with van der Waals surface area (Å²) in [5, 5.41) is -0.482. The summed E-state index contributed by atoms with van der Waals surface area (Å²) >= 11 is 5.21. The van der Waals surface area contributed by atoms with Crippen molar-refractivity contribution < 1.29 is 13.2 Å². The Bertz CT molecular complexity index is 274. The smallest absolute Gasteiger partial charge is 0.221 e. The normalized spacial score (nSPS) is 10.3. The first kappa shape index (κ1) is 8.33. The Morgan fingerprint density at radius 2 is 1.73 bits per heavy atom. The first-order chi connectivity index (χ1) is 5.04. The van der Waals surface area contributed by atoms with Crippen molar-refractivity contribution in [3.8, 4) is 0 Å². The van der Waals surface area contributed by atoms with Gasteiger partial charge in [0.1, 0.15) is 5.02 Å². The molecule has 0 aromatic carbocycles. The van der Waals surface area contributed by atoms with E-state index in [-0.39, 0.29) is 5.69 Å². The highest BCUT2D eigenvalue weighted by Crippen LogP contribution is 2.20. The van der Waals surface area contributed by atoms with Crippen LogP contribution in [0.25, 0.3) is 0 Å². The lowest BCUT2D eigenvalue weighted by Crippen LogP contribution is -1.98. The maximum absolute atomic E-state index is 12.5. The molecule has 11 heavy (non-hydrogen) atoms. The molecular formula is C6H3ClF3N. The van der Waals surface area contributed by atoms with Crippen molar-refractivity contribution in [2.45, 2.75) is 6.92 Å². The van der Waals surface area contributed by atoms with Gasteiger partial charge in [0.15, 0.2) is 5.82 Å². The summed E-state index contributed by atoms with van der Waals surface area (Å²) in [4.78, 5) is 3.02. The van der Waals surface area contributed by atoms with Gasteiger partial charge < -0.3 is 0 Å². The summed E-state index contributed by atoms with van der Waals surface area (Å²) in [6, 6.07) is 0. The first-order valence-electron chi connectivity index (χ1n) is 2.70. The van der Waals surface area contributed by atoms with Crippen molar-refractivity contribution in [1.29, 1.82) is 0 Å². The zero-order valence-corrected chi connectivity index (χ0v) is 6.22. The van der Waals surface area contributed by atoms with Gasteiger partial charge in [-0.2, -0.15) is 8.78 Å². The summed E-state index contributed by atoms with van der Waals surface area (Å²) in [6.45, 7) is 1.29. The molecule has 0 N–H and O–H groups in total. The molecule has 1 nitrogen and oxygen atoms in total. The minimum absolute atomic E-state index is 0.0666. The van der Waals surface area contributed by atoms with E-state index in [1.807, 2.05) is 0 Å². The second-order valence-corrected chi connectivity index (χ2v) is 2.31. The van der Waals surface area contributed by atoms with Crippen LogP contribution in [0.3, 0.4) is 0 Å². The summed E-state index contributed by atoms with van der Waals surface area (Å²) in [5.41, 5.74) is -0.0666. The fourth-order valence-corrected chi connectivity index (χ4v) is 0.716. The van der Waals surface area contributed by atoms with Crippen molar-refractivity contribution in [3.05, 3.63) is 28.3 Å². The lowest BCUT2D eigenvalue weighted by molar-refractivity contribution is 0.424. The number of rotatable bonds is 0. The SMILES string of the molecule is Cc1nc(F)c(F)c(F)c1Cl. The van der Waals surface area contributed by atoms with Crippen molar-refractivity contribution in [2.24, 2.45) is 0 Å². The molecule has 0 radical (unpaired) electrons. The average Bonchev–Trinajstić information content (AvgIpc) is 1.97. The van der Waals surface area contributed by atoms with Gasteiger partial charge in [-0.25, -0.2) is 9.37 Å². The lowest BCUT2D eigenvalue weighted by Gasteiger charge is -1.99. The topological polar surface area (TPSA) is 12.9 Å². The standard InChI is InChI=1S/C6H3ClF3N/c1-2-3(7)4(8)5(9)6(10)11-2/h1H3. The van der Waals surface area contributed by atoms with Gasteiger partial charge in [0, 0.05) is 0 Å². The Labute approximate surface area is 65.8 Å². The highest BCUT2D eigenvalue weighted by Gasteiger charge is 2.15. The van der Waals surface area contributed by atoms with E-state index in [2.05, 4.69) is 4.98 Å². The van der Waals surface area contributed by atoms with Crippen LogP contribution in [0.1, 0.15) is 5.69 Å². The van der Waals surface area contributed by atoms with Crippen LogP contribution in [0.5, 0.6) is 0 Å². The Hall–Kier alpha value is -0.770. The summed E-state index contributed by atoms with van der Waals surface area (Å²) in [5.74, 6) is -4.50. The molecule has 0 fully saturated rings. The molecule has 1 aromatic rings. The zero-order chi connectivity index (χ0) is 8.59. The lowest BCUT2D eigenvalue weighted by atomic mass is 10.3. The van der Waals surface area contributed by atoms with Gasteiger partial charge in [0.2, 0.25) is 5.82 Å². The fourth-order valence-electron chi connectivity index (χ4n) is 0.591. The molecule has 0 atom stereocenters. The number of nitrogens with zero attached hydrogens (tertiary/aromatic N) is 1. The van der Waals surface area contributed by atoms with Crippen molar-refractivity contribution in [2.75, 3.05) is 0 Å². The van der Waals surface area contributed by atoms with Gasteiger partial charge in [-0.3, -0.25) is 0 Å². The monoisotopic (exact) mass is 181 g/mol. The molecule has 0 unspecified atom stereocenters. The molecular weight excluding hydrogens is 179 g/mol. The molecule has 0 bridgehead atoms. The Balaban J connectivity index is 3.46. The molecule has 1 aromatic heterocycles. The Morgan fingerprint density at radius 1 is 1.18 bits per heavy atom. The predicted molar refractivity (Wildman–Crippen MR) is 33.9 cm³/mol. The van der Waals surface area contributed by atoms with Crippen LogP contribution in [0, 0.1) is 24.5 Å². The molecule has 0 amide bonds. The van der Waals surface area contributed by atoms with E-state index in [9.17, 15) is 13.2 Å². The van der Waals surface area contributed by atoms with Gasteiger partial charge in [-0.15, -0.1) is 0 Å². The van der Waals surface area contributed by atoms with Gasteiger partial charge in [-0.1, -0.05) is 11.6 Å². The number of hydrogen-bond donors (Lipinski definition) is 0. The van der Waals surface area contributed by atoms with E-state index in [1.54, 1.807) is 0 Å². The number of aromatic nitrogens is 1. The van der Waals surface area contributed by atoms with Crippen LogP contribution >= 0.6 is 11.6 Å². The minimum Gasteiger partial charge on any atom is -0.221 e.